The second-order valence-electron chi connectivity index (χ2n) is 4.69. The van der Waals surface area contributed by atoms with Crippen LogP contribution in [0.15, 0.2) is 42.5 Å². The van der Waals surface area contributed by atoms with E-state index in [-0.39, 0.29) is 12.5 Å². The fourth-order valence-corrected chi connectivity index (χ4v) is 2.27. The van der Waals surface area contributed by atoms with Crippen LogP contribution < -0.4 is 0 Å². The van der Waals surface area contributed by atoms with Crippen LogP contribution in [0.2, 0.25) is 0 Å². The number of hydrogen-bond acceptors (Lipinski definition) is 1. The molecule has 1 atom stereocenters. The first-order valence-electron chi connectivity index (χ1n) is 6.22. The summed E-state index contributed by atoms with van der Waals surface area (Å²) in [5.74, 6) is -1.80. The predicted molar refractivity (Wildman–Crippen MR) is 71.1 cm³/mol. The molecule has 2 aromatic carbocycles. The standard InChI is InChI=1S/C16H16F2O/c1-11-4-2-3-5-14(11)13(10-19)8-12-6-7-15(17)16(18)9-12/h2-7,9,13,19H,8,10H2,1H3. The van der Waals surface area contributed by atoms with Gasteiger partial charge in [0, 0.05) is 5.92 Å². The number of rotatable bonds is 4. The van der Waals surface area contributed by atoms with Crippen molar-refractivity contribution >= 4 is 0 Å². The van der Waals surface area contributed by atoms with E-state index in [1.165, 1.54) is 6.07 Å². The van der Waals surface area contributed by atoms with Crippen LogP contribution in [0.4, 0.5) is 8.78 Å². The third-order valence-electron chi connectivity index (χ3n) is 3.31. The van der Waals surface area contributed by atoms with Gasteiger partial charge in [0.1, 0.15) is 0 Å². The van der Waals surface area contributed by atoms with Gasteiger partial charge in [-0.3, -0.25) is 0 Å². The molecular formula is C16H16F2O. The summed E-state index contributed by atoms with van der Waals surface area (Å²) >= 11 is 0. The monoisotopic (exact) mass is 262 g/mol. The fourth-order valence-electron chi connectivity index (χ4n) is 2.27. The maximum atomic E-state index is 13.2. The lowest BCUT2D eigenvalue weighted by Crippen LogP contribution is -2.09. The van der Waals surface area contributed by atoms with Gasteiger partial charge in [-0.25, -0.2) is 8.78 Å². The van der Waals surface area contributed by atoms with Crippen molar-refractivity contribution in [2.75, 3.05) is 6.61 Å². The summed E-state index contributed by atoms with van der Waals surface area (Å²) in [7, 11) is 0. The van der Waals surface area contributed by atoms with Crippen LogP contribution in [0, 0.1) is 18.6 Å². The minimum absolute atomic E-state index is 0.0240. The number of aryl methyl sites for hydroxylation is 1. The van der Waals surface area contributed by atoms with Gasteiger partial charge in [-0.05, 0) is 42.2 Å². The van der Waals surface area contributed by atoms with E-state index in [0.29, 0.717) is 12.0 Å². The van der Waals surface area contributed by atoms with Crippen LogP contribution >= 0.6 is 0 Å². The van der Waals surface area contributed by atoms with Gasteiger partial charge in [0.25, 0.3) is 0 Å². The topological polar surface area (TPSA) is 20.2 Å². The summed E-state index contributed by atoms with van der Waals surface area (Å²) < 4.78 is 26.1. The molecule has 0 fully saturated rings. The molecule has 19 heavy (non-hydrogen) atoms. The van der Waals surface area contributed by atoms with E-state index in [2.05, 4.69) is 0 Å². The summed E-state index contributed by atoms with van der Waals surface area (Å²) in [5.41, 5.74) is 2.81. The van der Waals surface area contributed by atoms with Crippen molar-refractivity contribution in [1.82, 2.24) is 0 Å². The lowest BCUT2D eigenvalue weighted by atomic mass is 9.90. The zero-order valence-corrected chi connectivity index (χ0v) is 10.7. The molecule has 2 rings (SSSR count). The van der Waals surface area contributed by atoms with Crippen molar-refractivity contribution in [3.63, 3.8) is 0 Å². The van der Waals surface area contributed by atoms with E-state index in [9.17, 15) is 13.9 Å². The maximum Gasteiger partial charge on any atom is 0.159 e. The number of benzene rings is 2. The van der Waals surface area contributed by atoms with Crippen molar-refractivity contribution in [3.05, 3.63) is 70.8 Å². The Morgan fingerprint density at radius 3 is 2.42 bits per heavy atom. The average Bonchev–Trinajstić information content (AvgIpc) is 2.41. The molecule has 1 N–H and O–H groups in total. The van der Waals surface area contributed by atoms with Gasteiger partial charge >= 0.3 is 0 Å². The third-order valence-corrected chi connectivity index (χ3v) is 3.31. The summed E-state index contributed by atoms with van der Waals surface area (Å²) in [6.07, 6.45) is 0.485. The van der Waals surface area contributed by atoms with Gasteiger partial charge in [-0.15, -0.1) is 0 Å². The third kappa shape index (κ3) is 3.18. The number of aliphatic hydroxyl groups is 1. The highest BCUT2D eigenvalue weighted by Crippen LogP contribution is 2.24. The summed E-state index contributed by atoms with van der Waals surface area (Å²) in [6.45, 7) is 1.95. The summed E-state index contributed by atoms with van der Waals surface area (Å²) in [6, 6.07) is 11.6. The van der Waals surface area contributed by atoms with Gasteiger partial charge in [-0.2, -0.15) is 0 Å². The second-order valence-corrected chi connectivity index (χ2v) is 4.69. The molecule has 0 saturated heterocycles. The highest BCUT2D eigenvalue weighted by Gasteiger charge is 2.14. The molecule has 1 unspecified atom stereocenters. The zero-order chi connectivity index (χ0) is 13.8. The van der Waals surface area contributed by atoms with Crippen molar-refractivity contribution in [2.45, 2.75) is 19.3 Å². The first-order chi connectivity index (χ1) is 9.11. The van der Waals surface area contributed by atoms with E-state index < -0.39 is 11.6 Å². The lowest BCUT2D eigenvalue weighted by molar-refractivity contribution is 0.264. The molecule has 2 aromatic rings. The fraction of sp³-hybridized carbons (Fsp3) is 0.250. The molecule has 0 bridgehead atoms. The normalized spacial score (nSPS) is 12.4. The summed E-state index contributed by atoms with van der Waals surface area (Å²) in [5, 5.41) is 9.52. The molecule has 1 nitrogen and oxygen atoms in total. The van der Waals surface area contributed by atoms with E-state index in [0.717, 1.165) is 17.2 Å². The Balaban J connectivity index is 2.24. The Labute approximate surface area is 111 Å². The molecule has 0 saturated carbocycles. The van der Waals surface area contributed by atoms with Crippen molar-refractivity contribution in [2.24, 2.45) is 0 Å². The van der Waals surface area contributed by atoms with E-state index in [1.54, 1.807) is 6.07 Å². The van der Waals surface area contributed by atoms with Gasteiger partial charge in [-0.1, -0.05) is 30.3 Å². The summed E-state index contributed by atoms with van der Waals surface area (Å²) in [4.78, 5) is 0. The van der Waals surface area contributed by atoms with Gasteiger partial charge in [0.2, 0.25) is 0 Å². The van der Waals surface area contributed by atoms with Crippen molar-refractivity contribution in [1.29, 1.82) is 0 Å². The largest absolute Gasteiger partial charge is 0.396 e. The predicted octanol–water partition coefficient (Wildman–Crippen LogP) is 3.59. The Hall–Kier alpha value is -1.74. The Morgan fingerprint density at radius 2 is 1.79 bits per heavy atom. The molecule has 100 valence electrons. The highest BCUT2D eigenvalue weighted by molar-refractivity contribution is 5.31. The van der Waals surface area contributed by atoms with Crippen molar-refractivity contribution in [3.8, 4) is 0 Å². The van der Waals surface area contributed by atoms with Crippen LogP contribution in [0.3, 0.4) is 0 Å². The first kappa shape index (κ1) is 13.7. The van der Waals surface area contributed by atoms with E-state index >= 15 is 0 Å². The SMILES string of the molecule is Cc1ccccc1C(CO)Cc1ccc(F)c(F)c1. The second kappa shape index (κ2) is 5.93. The molecule has 0 radical (unpaired) electrons. The average molecular weight is 262 g/mol. The number of halogens is 2. The number of aliphatic hydroxyl groups excluding tert-OH is 1. The Morgan fingerprint density at radius 1 is 1.05 bits per heavy atom. The molecule has 0 aromatic heterocycles. The van der Waals surface area contributed by atoms with Crippen LogP contribution in [0.25, 0.3) is 0 Å². The lowest BCUT2D eigenvalue weighted by Gasteiger charge is -2.17. The quantitative estimate of drug-likeness (QED) is 0.892. The molecule has 0 aliphatic carbocycles. The smallest absolute Gasteiger partial charge is 0.159 e. The van der Waals surface area contributed by atoms with E-state index in [4.69, 9.17) is 0 Å². The minimum atomic E-state index is -0.848. The van der Waals surface area contributed by atoms with E-state index in [1.807, 2.05) is 31.2 Å². The molecule has 0 spiro atoms. The van der Waals surface area contributed by atoms with Crippen molar-refractivity contribution < 1.29 is 13.9 Å². The Kier molecular flexibility index (Phi) is 4.27. The Bertz CT molecular complexity index is 566. The molecule has 0 heterocycles. The molecule has 0 aliphatic heterocycles. The highest BCUT2D eigenvalue weighted by atomic mass is 19.2. The molecule has 0 aliphatic rings. The molecule has 0 amide bonds. The van der Waals surface area contributed by atoms with Gasteiger partial charge < -0.3 is 5.11 Å². The zero-order valence-electron chi connectivity index (χ0n) is 10.7. The van der Waals surface area contributed by atoms with Crippen LogP contribution in [0.1, 0.15) is 22.6 Å². The first-order valence-corrected chi connectivity index (χ1v) is 6.22. The molecule has 3 heteroatoms. The van der Waals surface area contributed by atoms with Crippen LogP contribution in [0.5, 0.6) is 0 Å². The van der Waals surface area contributed by atoms with Crippen LogP contribution in [-0.4, -0.2) is 11.7 Å². The van der Waals surface area contributed by atoms with Gasteiger partial charge in [0.15, 0.2) is 11.6 Å². The maximum absolute atomic E-state index is 13.2. The van der Waals surface area contributed by atoms with Gasteiger partial charge in [0.05, 0.1) is 6.61 Å². The molecular weight excluding hydrogens is 246 g/mol. The number of hydrogen-bond donors (Lipinski definition) is 1. The minimum Gasteiger partial charge on any atom is -0.396 e. The van der Waals surface area contributed by atoms with Crippen LogP contribution in [-0.2, 0) is 6.42 Å².